The quantitative estimate of drug-likeness (QED) is 0.791. The minimum absolute atomic E-state index is 0.00982. The van der Waals surface area contributed by atoms with Crippen LogP contribution in [0.25, 0.3) is 0 Å². The van der Waals surface area contributed by atoms with E-state index in [0.717, 1.165) is 55.8 Å². The van der Waals surface area contributed by atoms with Gasteiger partial charge in [-0.25, -0.2) is 0 Å². The Kier molecular flexibility index (Phi) is 4.93. The SMILES string of the molecule is NCc1ccc2c(c1)C1(CCN(C(=O)Cc3ccc([B]O)cc3)CC1)CO2. The molecule has 2 aromatic rings. The van der Waals surface area contributed by atoms with Gasteiger partial charge in [-0.05, 0) is 30.0 Å². The minimum Gasteiger partial charge on any atom is -0.492 e. The molecular weight excluding hydrogens is 339 g/mol. The van der Waals surface area contributed by atoms with E-state index in [2.05, 4.69) is 6.07 Å². The van der Waals surface area contributed by atoms with E-state index in [1.807, 2.05) is 41.3 Å². The molecule has 5 nitrogen and oxygen atoms in total. The summed E-state index contributed by atoms with van der Waals surface area (Å²) in [5.74, 6) is 1.12. The molecular formula is C21H24BN2O3. The van der Waals surface area contributed by atoms with Crippen LogP contribution in [0.3, 0.4) is 0 Å². The number of piperidine rings is 1. The normalized spacial score (nSPS) is 17.5. The van der Waals surface area contributed by atoms with Crippen LogP contribution in [-0.4, -0.2) is 43.0 Å². The Morgan fingerprint density at radius 1 is 1.15 bits per heavy atom. The molecule has 2 aromatic carbocycles. The highest BCUT2D eigenvalue weighted by Gasteiger charge is 2.43. The third-order valence-electron chi connectivity index (χ3n) is 5.91. The summed E-state index contributed by atoms with van der Waals surface area (Å²) in [6.45, 7) is 2.71. The van der Waals surface area contributed by atoms with Crippen LogP contribution in [0.4, 0.5) is 0 Å². The average molecular weight is 363 g/mol. The number of nitrogens with zero attached hydrogens (tertiary/aromatic N) is 1. The molecule has 3 N–H and O–H groups in total. The minimum atomic E-state index is 0.00982. The number of hydrogen-bond donors (Lipinski definition) is 2. The molecule has 2 aliphatic rings. The van der Waals surface area contributed by atoms with Crippen LogP contribution in [0.2, 0.25) is 0 Å². The van der Waals surface area contributed by atoms with Crippen LogP contribution in [0, 0.1) is 0 Å². The molecule has 1 radical (unpaired) electrons. The van der Waals surface area contributed by atoms with Crippen molar-refractivity contribution in [1.29, 1.82) is 0 Å². The van der Waals surface area contributed by atoms with Crippen molar-refractivity contribution in [3.8, 4) is 5.75 Å². The summed E-state index contributed by atoms with van der Waals surface area (Å²) in [5.41, 5.74) is 9.90. The Balaban J connectivity index is 1.41. The molecule has 0 aliphatic carbocycles. The lowest BCUT2D eigenvalue weighted by Gasteiger charge is -2.38. The first-order chi connectivity index (χ1) is 13.1. The smallest absolute Gasteiger partial charge is 0.326 e. The number of fused-ring (bicyclic) bond motifs is 2. The third-order valence-corrected chi connectivity index (χ3v) is 5.91. The predicted octanol–water partition coefficient (Wildman–Crippen LogP) is 0.877. The highest BCUT2D eigenvalue weighted by atomic mass is 16.5. The zero-order chi connectivity index (χ0) is 18.9. The first kappa shape index (κ1) is 18.1. The maximum absolute atomic E-state index is 12.7. The molecule has 27 heavy (non-hydrogen) atoms. The lowest BCUT2D eigenvalue weighted by Crippen LogP contribution is -2.46. The van der Waals surface area contributed by atoms with E-state index in [1.165, 1.54) is 5.56 Å². The van der Waals surface area contributed by atoms with E-state index in [1.54, 1.807) is 0 Å². The van der Waals surface area contributed by atoms with Gasteiger partial charge in [0.1, 0.15) is 5.75 Å². The number of likely N-dealkylation sites (tertiary alicyclic amines) is 1. The number of carbonyl (C=O) groups excluding carboxylic acids is 1. The summed E-state index contributed by atoms with van der Waals surface area (Å²) >= 11 is 0. The molecule has 0 saturated carbocycles. The lowest BCUT2D eigenvalue weighted by atomic mass is 9.74. The summed E-state index contributed by atoms with van der Waals surface area (Å²) in [6, 6.07) is 13.6. The zero-order valence-corrected chi connectivity index (χ0v) is 15.4. The molecule has 139 valence electrons. The largest absolute Gasteiger partial charge is 0.492 e. The Morgan fingerprint density at radius 2 is 1.85 bits per heavy atom. The number of benzene rings is 2. The van der Waals surface area contributed by atoms with Gasteiger partial charge in [0, 0.05) is 30.6 Å². The second-order valence-electron chi connectivity index (χ2n) is 7.53. The topological polar surface area (TPSA) is 75.8 Å². The van der Waals surface area contributed by atoms with Gasteiger partial charge in [0.2, 0.25) is 5.91 Å². The van der Waals surface area contributed by atoms with Gasteiger partial charge >= 0.3 is 7.48 Å². The molecule has 1 fully saturated rings. The average Bonchev–Trinajstić information content (AvgIpc) is 3.06. The van der Waals surface area contributed by atoms with Crippen molar-refractivity contribution in [3.63, 3.8) is 0 Å². The number of rotatable bonds is 4. The molecule has 2 heterocycles. The Morgan fingerprint density at radius 3 is 2.52 bits per heavy atom. The van der Waals surface area contributed by atoms with Gasteiger partial charge in [-0.15, -0.1) is 0 Å². The van der Waals surface area contributed by atoms with E-state index in [0.29, 0.717) is 19.6 Å². The van der Waals surface area contributed by atoms with Crippen LogP contribution in [0.5, 0.6) is 5.75 Å². The van der Waals surface area contributed by atoms with Crippen molar-refractivity contribution < 1.29 is 14.6 Å². The van der Waals surface area contributed by atoms with E-state index in [-0.39, 0.29) is 11.3 Å². The molecule has 0 bridgehead atoms. The molecule has 4 rings (SSSR count). The van der Waals surface area contributed by atoms with Crippen molar-refractivity contribution in [1.82, 2.24) is 4.90 Å². The van der Waals surface area contributed by atoms with Crippen LogP contribution < -0.4 is 15.9 Å². The summed E-state index contributed by atoms with van der Waals surface area (Å²) in [6.07, 6.45) is 2.22. The Labute approximate surface area is 160 Å². The fourth-order valence-electron chi connectivity index (χ4n) is 4.14. The van der Waals surface area contributed by atoms with Crippen molar-refractivity contribution in [3.05, 3.63) is 59.2 Å². The molecule has 6 heteroatoms. The van der Waals surface area contributed by atoms with Gasteiger partial charge in [-0.2, -0.15) is 0 Å². The maximum atomic E-state index is 12.7. The zero-order valence-electron chi connectivity index (χ0n) is 15.4. The summed E-state index contributed by atoms with van der Waals surface area (Å²) < 4.78 is 5.94. The van der Waals surface area contributed by atoms with Gasteiger partial charge in [0.05, 0.1) is 13.0 Å². The summed E-state index contributed by atoms with van der Waals surface area (Å²) in [7, 11) is 1.06. The number of nitrogens with two attached hydrogens (primary N) is 1. The lowest BCUT2D eigenvalue weighted by molar-refractivity contribution is -0.132. The molecule has 0 unspecified atom stereocenters. The van der Waals surface area contributed by atoms with Gasteiger partial charge in [-0.3, -0.25) is 4.79 Å². The molecule has 0 aromatic heterocycles. The predicted molar refractivity (Wildman–Crippen MR) is 105 cm³/mol. The highest BCUT2D eigenvalue weighted by Crippen LogP contribution is 2.45. The van der Waals surface area contributed by atoms with Crippen molar-refractivity contribution in [2.24, 2.45) is 5.73 Å². The van der Waals surface area contributed by atoms with Crippen LogP contribution in [0.1, 0.15) is 29.5 Å². The fraction of sp³-hybridized carbons (Fsp3) is 0.381. The third kappa shape index (κ3) is 3.47. The second kappa shape index (κ2) is 7.37. The second-order valence-corrected chi connectivity index (χ2v) is 7.53. The van der Waals surface area contributed by atoms with Crippen LogP contribution in [-0.2, 0) is 23.2 Å². The number of carbonyl (C=O) groups is 1. The van der Waals surface area contributed by atoms with Gasteiger partial charge in [0.15, 0.2) is 0 Å². The monoisotopic (exact) mass is 363 g/mol. The fourth-order valence-corrected chi connectivity index (χ4v) is 4.14. The van der Waals surface area contributed by atoms with Crippen molar-refractivity contribution >= 4 is 18.9 Å². The molecule has 1 saturated heterocycles. The standard InChI is InChI=1S/C21H24BN2O3/c23-13-16-3-6-19-18(11-16)21(14-27-19)7-9-24(10-8-21)20(25)12-15-1-4-17(22-26)5-2-15/h1-6,11,26H,7-10,12-14,23H2. The highest BCUT2D eigenvalue weighted by molar-refractivity contribution is 6.45. The molecule has 0 atom stereocenters. The van der Waals surface area contributed by atoms with Gasteiger partial charge < -0.3 is 20.4 Å². The maximum Gasteiger partial charge on any atom is 0.326 e. The van der Waals surface area contributed by atoms with E-state index in [9.17, 15) is 4.79 Å². The number of ether oxygens (including phenoxy) is 1. The number of amides is 1. The molecule has 2 aliphatic heterocycles. The molecule has 1 amide bonds. The van der Waals surface area contributed by atoms with Crippen molar-refractivity contribution in [2.45, 2.75) is 31.2 Å². The van der Waals surface area contributed by atoms with Crippen molar-refractivity contribution in [2.75, 3.05) is 19.7 Å². The first-order valence-electron chi connectivity index (χ1n) is 9.44. The Hall–Kier alpha value is -2.31. The van der Waals surface area contributed by atoms with E-state index >= 15 is 0 Å². The van der Waals surface area contributed by atoms with E-state index in [4.69, 9.17) is 15.5 Å². The van der Waals surface area contributed by atoms with Gasteiger partial charge in [0.25, 0.3) is 0 Å². The van der Waals surface area contributed by atoms with Gasteiger partial charge in [-0.1, -0.05) is 41.9 Å². The van der Waals surface area contributed by atoms with E-state index < -0.39 is 0 Å². The Bertz CT molecular complexity index is 830. The first-order valence-corrected chi connectivity index (χ1v) is 9.44. The van der Waals surface area contributed by atoms with Crippen LogP contribution >= 0.6 is 0 Å². The van der Waals surface area contributed by atoms with Crippen LogP contribution in [0.15, 0.2) is 42.5 Å². The summed E-state index contributed by atoms with van der Waals surface area (Å²) in [4.78, 5) is 14.7. The number of hydrogen-bond acceptors (Lipinski definition) is 4. The summed E-state index contributed by atoms with van der Waals surface area (Å²) in [5, 5.41) is 9.00. The molecule has 1 spiro atoms.